The number of halogens is 6. The van der Waals surface area contributed by atoms with E-state index in [-0.39, 0.29) is 67.3 Å². The third kappa shape index (κ3) is 9.29. The van der Waals surface area contributed by atoms with Crippen molar-refractivity contribution in [3.63, 3.8) is 0 Å². The first kappa shape index (κ1) is 34.1. The molecule has 1 amide bonds. The minimum absolute atomic E-state index is 0.0565. The Kier molecular flexibility index (Phi) is 10.6. The van der Waals surface area contributed by atoms with Crippen molar-refractivity contribution in [1.82, 2.24) is 15.2 Å². The van der Waals surface area contributed by atoms with Crippen LogP contribution in [-0.4, -0.2) is 60.2 Å². The second kappa shape index (κ2) is 13.1. The van der Waals surface area contributed by atoms with Gasteiger partial charge in [-0.1, -0.05) is 20.8 Å². The molecule has 42 heavy (non-hydrogen) atoms. The van der Waals surface area contributed by atoms with Crippen molar-refractivity contribution < 1.29 is 40.7 Å². The van der Waals surface area contributed by atoms with E-state index in [9.17, 15) is 35.9 Å². The van der Waals surface area contributed by atoms with Gasteiger partial charge in [-0.15, -0.1) is 0 Å². The van der Waals surface area contributed by atoms with Crippen LogP contribution in [0.2, 0.25) is 0 Å². The predicted octanol–water partition coefficient (Wildman–Crippen LogP) is 5.40. The maximum absolute atomic E-state index is 13.5. The van der Waals surface area contributed by atoms with Gasteiger partial charge in [0, 0.05) is 50.0 Å². The molecule has 0 bridgehead atoms. The summed E-state index contributed by atoms with van der Waals surface area (Å²) in [6.07, 6.45) is -6.10. The number of nitrogens with two attached hydrogens (primary N) is 1. The molecule has 0 radical (unpaired) electrons. The van der Waals surface area contributed by atoms with Crippen LogP contribution in [0.1, 0.15) is 82.5 Å². The largest absolute Gasteiger partial charge is 0.469 e. The topological polar surface area (TPSA) is 97.5 Å². The molecular formula is C29H42F6N4O3. The second-order valence-corrected chi connectivity index (χ2v) is 13.1. The average molecular weight is 609 g/mol. The van der Waals surface area contributed by atoms with Crippen LogP contribution in [0.25, 0.3) is 0 Å². The summed E-state index contributed by atoms with van der Waals surface area (Å²) in [6.45, 7) is 6.62. The molecule has 3 aliphatic rings. The molecular weight excluding hydrogens is 566 g/mol. The highest BCUT2D eigenvalue weighted by atomic mass is 19.4. The SMILES string of the molecule is CC(C)(C)CN[C@@H]1CC[C@](CC(F)(F)F)(C(=O)N2CCc3ncc(C(F)(F)F)cc3C2)C1.COC(=O)[C@H]1CC[C@@H](N)C1. The van der Waals surface area contributed by atoms with Crippen molar-refractivity contribution in [2.45, 2.75) is 103 Å². The number of hydrogen-bond donors (Lipinski definition) is 2. The Balaban J connectivity index is 0.000000408. The van der Waals surface area contributed by atoms with Crippen molar-refractivity contribution in [2.24, 2.45) is 22.5 Å². The lowest BCUT2D eigenvalue weighted by molar-refractivity contribution is -0.174. The van der Waals surface area contributed by atoms with E-state index in [1.807, 2.05) is 20.8 Å². The highest BCUT2D eigenvalue weighted by molar-refractivity contribution is 5.83. The first-order valence-electron chi connectivity index (χ1n) is 14.3. The van der Waals surface area contributed by atoms with Crippen molar-refractivity contribution in [3.05, 3.63) is 29.1 Å². The summed E-state index contributed by atoms with van der Waals surface area (Å²) in [6, 6.07) is 0.945. The summed E-state index contributed by atoms with van der Waals surface area (Å²) in [5.74, 6) is -0.661. The van der Waals surface area contributed by atoms with Gasteiger partial charge in [-0.05, 0) is 55.6 Å². The third-order valence-corrected chi connectivity index (χ3v) is 8.18. The van der Waals surface area contributed by atoms with Crippen LogP contribution in [0.3, 0.4) is 0 Å². The molecule has 13 heteroatoms. The van der Waals surface area contributed by atoms with Gasteiger partial charge >= 0.3 is 18.3 Å². The zero-order chi connectivity index (χ0) is 31.5. The van der Waals surface area contributed by atoms with Crippen molar-refractivity contribution in [1.29, 1.82) is 0 Å². The lowest BCUT2D eigenvalue weighted by Crippen LogP contribution is -2.48. The number of hydrogen-bond acceptors (Lipinski definition) is 6. The number of carbonyl (C=O) groups excluding carboxylic acids is 2. The maximum atomic E-state index is 13.5. The number of amides is 1. The first-order chi connectivity index (χ1) is 19.3. The van der Waals surface area contributed by atoms with Crippen molar-refractivity contribution in [3.8, 4) is 0 Å². The lowest BCUT2D eigenvalue weighted by atomic mass is 9.80. The molecule has 238 valence electrons. The molecule has 1 aromatic heterocycles. The lowest BCUT2D eigenvalue weighted by Gasteiger charge is -2.37. The number of nitrogens with one attached hydrogen (secondary N) is 1. The fraction of sp³-hybridized carbons (Fsp3) is 0.759. The van der Waals surface area contributed by atoms with Crippen LogP contribution in [0, 0.1) is 16.7 Å². The molecule has 2 aliphatic carbocycles. The number of esters is 1. The quantitative estimate of drug-likeness (QED) is 0.343. The van der Waals surface area contributed by atoms with E-state index in [0.29, 0.717) is 18.7 Å². The van der Waals surface area contributed by atoms with Gasteiger partial charge in [0.05, 0.1) is 30.4 Å². The molecule has 3 N–H and O–H groups in total. The van der Waals surface area contributed by atoms with Crippen LogP contribution in [-0.2, 0) is 33.5 Å². The summed E-state index contributed by atoms with van der Waals surface area (Å²) < 4.78 is 84.2. The van der Waals surface area contributed by atoms with E-state index in [0.717, 1.165) is 31.5 Å². The van der Waals surface area contributed by atoms with E-state index in [1.54, 1.807) is 0 Å². The number of nitrogens with zero attached hydrogens (tertiary/aromatic N) is 2. The molecule has 2 heterocycles. The molecule has 0 saturated heterocycles. The Labute approximate surface area is 242 Å². The molecule has 0 unspecified atom stereocenters. The summed E-state index contributed by atoms with van der Waals surface area (Å²) in [4.78, 5) is 29.4. The zero-order valence-electron chi connectivity index (χ0n) is 24.6. The number of aromatic nitrogens is 1. The number of ether oxygens (including phenoxy) is 1. The molecule has 4 rings (SSSR count). The highest BCUT2D eigenvalue weighted by Gasteiger charge is 2.53. The molecule has 4 atom stereocenters. The number of fused-ring (bicyclic) bond motifs is 1. The van der Waals surface area contributed by atoms with Gasteiger partial charge in [-0.25, -0.2) is 0 Å². The predicted molar refractivity (Wildman–Crippen MR) is 144 cm³/mol. The summed E-state index contributed by atoms with van der Waals surface area (Å²) in [5.41, 5.74) is 3.71. The van der Waals surface area contributed by atoms with E-state index in [2.05, 4.69) is 15.0 Å². The number of pyridine rings is 1. The van der Waals surface area contributed by atoms with Crippen molar-refractivity contribution in [2.75, 3.05) is 20.2 Å². The molecule has 7 nitrogen and oxygen atoms in total. The second-order valence-electron chi connectivity index (χ2n) is 13.1. The fourth-order valence-electron chi connectivity index (χ4n) is 6.05. The van der Waals surface area contributed by atoms with E-state index < -0.39 is 35.7 Å². The van der Waals surface area contributed by atoms with Crippen LogP contribution in [0.15, 0.2) is 12.3 Å². The first-order valence-corrected chi connectivity index (χ1v) is 14.3. The minimum Gasteiger partial charge on any atom is -0.469 e. The summed E-state index contributed by atoms with van der Waals surface area (Å²) in [5, 5.41) is 3.29. The standard InChI is InChI=1S/C22H29F6N3O.C7H13NO2/c1-19(2,3)13-30-16-4-6-20(9-16,12-21(23,24)25)18(32)31-7-5-17-14(11-31)8-15(10-29-17)22(26,27)28;1-10-7(9)5-2-3-6(8)4-5/h8,10,16,30H,4-7,9,11-13H2,1-3H3;5-6H,2-4,8H2,1H3/t16-,20+;5-,6+/m10/s1. The Morgan fingerprint density at radius 2 is 1.83 bits per heavy atom. The van der Waals surface area contributed by atoms with Gasteiger partial charge in [0.15, 0.2) is 0 Å². The number of alkyl halides is 6. The smallest absolute Gasteiger partial charge is 0.417 e. The van der Waals surface area contributed by atoms with Gasteiger partial charge in [0.2, 0.25) is 5.91 Å². The third-order valence-electron chi connectivity index (χ3n) is 8.18. The van der Waals surface area contributed by atoms with E-state index >= 15 is 0 Å². The molecule has 1 aromatic rings. The Hall–Kier alpha value is -2.41. The minimum atomic E-state index is -4.58. The molecule has 2 saturated carbocycles. The normalized spacial score (nSPS) is 26.4. The Morgan fingerprint density at radius 3 is 2.38 bits per heavy atom. The van der Waals surface area contributed by atoms with Crippen LogP contribution >= 0.6 is 0 Å². The van der Waals surface area contributed by atoms with Crippen molar-refractivity contribution >= 4 is 11.9 Å². The molecule has 1 aliphatic heterocycles. The number of rotatable bonds is 5. The molecule has 0 spiro atoms. The van der Waals surface area contributed by atoms with Gasteiger partial charge in [0.1, 0.15) is 0 Å². The Bertz CT molecular complexity index is 1100. The van der Waals surface area contributed by atoms with E-state index in [4.69, 9.17) is 5.73 Å². The van der Waals surface area contributed by atoms with Crippen LogP contribution in [0.4, 0.5) is 26.3 Å². The number of carbonyl (C=O) groups is 2. The molecule has 2 fully saturated rings. The molecule has 0 aromatic carbocycles. The number of methoxy groups -OCH3 is 1. The summed E-state index contributed by atoms with van der Waals surface area (Å²) >= 11 is 0. The van der Waals surface area contributed by atoms with E-state index in [1.165, 1.54) is 12.0 Å². The zero-order valence-corrected chi connectivity index (χ0v) is 24.6. The monoisotopic (exact) mass is 608 g/mol. The maximum Gasteiger partial charge on any atom is 0.417 e. The summed E-state index contributed by atoms with van der Waals surface area (Å²) in [7, 11) is 1.42. The van der Waals surface area contributed by atoms with Gasteiger partial charge < -0.3 is 20.7 Å². The van der Waals surface area contributed by atoms with Gasteiger partial charge in [0.25, 0.3) is 0 Å². The average Bonchev–Trinajstić information content (AvgIpc) is 3.51. The van der Waals surface area contributed by atoms with Gasteiger partial charge in [-0.2, -0.15) is 26.3 Å². The van der Waals surface area contributed by atoms with Crippen LogP contribution < -0.4 is 11.1 Å². The van der Waals surface area contributed by atoms with Crippen LogP contribution in [0.5, 0.6) is 0 Å². The van der Waals surface area contributed by atoms with Gasteiger partial charge in [-0.3, -0.25) is 14.6 Å². The highest BCUT2D eigenvalue weighted by Crippen LogP contribution is 2.48. The Morgan fingerprint density at radius 1 is 1.14 bits per heavy atom. The fourth-order valence-corrected chi connectivity index (χ4v) is 6.05.